The SMILES string of the molecule is CCC(CC)NCc1cccc(/C(N)=N/O)c1F. The Kier molecular flexibility index (Phi) is 5.58. The predicted molar refractivity (Wildman–Crippen MR) is 70.1 cm³/mol. The summed E-state index contributed by atoms with van der Waals surface area (Å²) in [5.74, 6) is -0.650. The van der Waals surface area contributed by atoms with Crippen molar-refractivity contribution in [2.45, 2.75) is 39.3 Å². The molecule has 5 heteroatoms. The van der Waals surface area contributed by atoms with Crippen LogP contribution in [0.15, 0.2) is 23.4 Å². The Hall–Kier alpha value is -1.62. The number of benzene rings is 1. The van der Waals surface area contributed by atoms with Crippen molar-refractivity contribution in [1.29, 1.82) is 0 Å². The van der Waals surface area contributed by atoms with Crippen LogP contribution in [0.5, 0.6) is 0 Å². The molecule has 0 aromatic heterocycles. The molecule has 100 valence electrons. The summed E-state index contributed by atoms with van der Waals surface area (Å²) in [5.41, 5.74) is 6.06. The second-order valence-electron chi connectivity index (χ2n) is 4.16. The molecule has 0 unspecified atom stereocenters. The zero-order valence-corrected chi connectivity index (χ0v) is 10.8. The smallest absolute Gasteiger partial charge is 0.173 e. The first-order valence-electron chi connectivity index (χ1n) is 6.12. The first kappa shape index (κ1) is 14.4. The fourth-order valence-corrected chi connectivity index (χ4v) is 1.80. The van der Waals surface area contributed by atoms with Gasteiger partial charge in [-0.2, -0.15) is 0 Å². The molecule has 0 saturated carbocycles. The summed E-state index contributed by atoms with van der Waals surface area (Å²) >= 11 is 0. The van der Waals surface area contributed by atoms with Gasteiger partial charge in [-0.05, 0) is 18.9 Å². The lowest BCUT2D eigenvalue weighted by Crippen LogP contribution is -2.28. The maximum atomic E-state index is 14.1. The molecule has 0 amide bonds. The molecular weight excluding hydrogens is 233 g/mol. The van der Waals surface area contributed by atoms with E-state index in [0.717, 1.165) is 12.8 Å². The average molecular weight is 253 g/mol. The summed E-state index contributed by atoms with van der Waals surface area (Å²) in [6.45, 7) is 4.61. The fraction of sp³-hybridized carbons (Fsp3) is 0.462. The number of nitrogens with zero attached hydrogens (tertiary/aromatic N) is 1. The Morgan fingerprint density at radius 2 is 2.11 bits per heavy atom. The van der Waals surface area contributed by atoms with Gasteiger partial charge in [0.25, 0.3) is 0 Å². The van der Waals surface area contributed by atoms with Crippen LogP contribution < -0.4 is 11.1 Å². The molecule has 0 aliphatic heterocycles. The van der Waals surface area contributed by atoms with Gasteiger partial charge in [0.05, 0.1) is 5.56 Å². The minimum absolute atomic E-state index is 0.126. The van der Waals surface area contributed by atoms with Gasteiger partial charge in [0.2, 0.25) is 0 Å². The van der Waals surface area contributed by atoms with Gasteiger partial charge >= 0.3 is 0 Å². The second-order valence-corrected chi connectivity index (χ2v) is 4.16. The average Bonchev–Trinajstić information content (AvgIpc) is 2.40. The number of oxime groups is 1. The molecule has 0 atom stereocenters. The lowest BCUT2D eigenvalue weighted by molar-refractivity contribution is 0.318. The van der Waals surface area contributed by atoms with Gasteiger partial charge in [0.15, 0.2) is 5.84 Å². The molecule has 0 heterocycles. The lowest BCUT2D eigenvalue weighted by atomic mass is 10.1. The normalized spacial score (nSPS) is 12.1. The molecular formula is C13H20FN3O. The maximum absolute atomic E-state index is 14.1. The highest BCUT2D eigenvalue weighted by Gasteiger charge is 2.12. The van der Waals surface area contributed by atoms with Crippen LogP contribution in [0.1, 0.15) is 37.8 Å². The van der Waals surface area contributed by atoms with Crippen molar-refractivity contribution in [2.24, 2.45) is 10.9 Å². The Balaban J connectivity index is 2.84. The van der Waals surface area contributed by atoms with E-state index in [4.69, 9.17) is 10.9 Å². The first-order chi connectivity index (χ1) is 8.63. The van der Waals surface area contributed by atoms with Crippen molar-refractivity contribution in [3.63, 3.8) is 0 Å². The third kappa shape index (κ3) is 3.43. The van der Waals surface area contributed by atoms with Gasteiger partial charge in [-0.1, -0.05) is 31.1 Å². The van der Waals surface area contributed by atoms with E-state index in [1.54, 1.807) is 12.1 Å². The molecule has 1 aromatic carbocycles. The summed E-state index contributed by atoms with van der Waals surface area (Å²) in [6.07, 6.45) is 2.00. The number of nitrogens with one attached hydrogen (secondary N) is 1. The molecule has 1 aromatic rings. The highest BCUT2D eigenvalue weighted by atomic mass is 19.1. The van der Waals surface area contributed by atoms with Gasteiger partial charge in [-0.3, -0.25) is 0 Å². The summed E-state index contributed by atoms with van der Waals surface area (Å²) in [4.78, 5) is 0. The third-order valence-electron chi connectivity index (χ3n) is 3.03. The monoisotopic (exact) mass is 253 g/mol. The van der Waals surface area contributed by atoms with E-state index in [2.05, 4.69) is 24.3 Å². The minimum atomic E-state index is -0.439. The number of rotatable bonds is 6. The largest absolute Gasteiger partial charge is 0.409 e. The van der Waals surface area contributed by atoms with E-state index in [9.17, 15) is 4.39 Å². The maximum Gasteiger partial charge on any atom is 0.173 e. The minimum Gasteiger partial charge on any atom is -0.409 e. The standard InChI is InChI=1S/C13H20FN3O/c1-3-10(4-2)16-8-9-6-5-7-11(12(9)14)13(15)17-18/h5-7,10,16,18H,3-4,8H2,1-2H3,(H2,15,17). The van der Waals surface area contributed by atoms with Gasteiger partial charge in [0, 0.05) is 18.2 Å². The predicted octanol–water partition coefficient (Wildman–Crippen LogP) is 2.20. The van der Waals surface area contributed by atoms with Gasteiger partial charge < -0.3 is 16.3 Å². The molecule has 1 rings (SSSR count). The number of hydrogen-bond donors (Lipinski definition) is 3. The van der Waals surface area contributed by atoms with Crippen LogP contribution in [-0.2, 0) is 6.54 Å². The van der Waals surface area contributed by atoms with Crippen molar-refractivity contribution in [1.82, 2.24) is 5.32 Å². The molecule has 4 N–H and O–H groups in total. The van der Waals surface area contributed by atoms with E-state index < -0.39 is 5.82 Å². The molecule has 0 bridgehead atoms. The van der Waals surface area contributed by atoms with Crippen molar-refractivity contribution in [3.8, 4) is 0 Å². The molecule has 18 heavy (non-hydrogen) atoms. The van der Waals surface area contributed by atoms with Gasteiger partial charge in [-0.25, -0.2) is 4.39 Å². The van der Waals surface area contributed by atoms with E-state index in [1.807, 2.05) is 0 Å². The van der Waals surface area contributed by atoms with E-state index >= 15 is 0 Å². The second kappa shape index (κ2) is 6.96. The van der Waals surface area contributed by atoms with Crippen LogP contribution in [0.2, 0.25) is 0 Å². The number of amidine groups is 1. The van der Waals surface area contributed by atoms with Gasteiger partial charge in [0.1, 0.15) is 5.82 Å². The lowest BCUT2D eigenvalue weighted by Gasteiger charge is -2.15. The third-order valence-corrected chi connectivity index (χ3v) is 3.03. The van der Waals surface area contributed by atoms with Crippen molar-refractivity contribution >= 4 is 5.84 Å². The fourth-order valence-electron chi connectivity index (χ4n) is 1.80. The van der Waals surface area contributed by atoms with Gasteiger partial charge in [-0.15, -0.1) is 0 Å². The van der Waals surface area contributed by atoms with E-state index in [0.29, 0.717) is 18.2 Å². The molecule has 0 fully saturated rings. The highest BCUT2D eigenvalue weighted by molar-refractivity contribution is 5.97. The number of halogens is 1. The summed E-state index contributed by atoms with van der Waals surface area (Å²) in [7, 11) is 0. The topological polar surface area (TPSA) is 70.6 Å². The van der Waals surface area contributed by atoms with Crippen LogP contribution in [0, 0.1) is 5.82 Å². The first-order valence-corrected chi connectivity index (χ1v) is 6.12. The van der Waals surface area contributed by atoms with Crippen LogP contribution >= 0.6 is 0 Å². The molecule has 0 saturated heterocycles. The van der Waals surface area contributed by atoms with Crippen molar-refractivity contribution in [3.05, 3.63) is 35.1 Å². The summed E-state index contributed by atoms with van der Waals surface area (Å²) in [6, 6.07) is 5.25. The van der Waals surface area contributed by atoms with Crippen LogP contribution in [0.4, 0.5) is 4.39 Å². The van der Waals surface area contributed by atoms with Crippen LogP contribution in [0.3, 0.4) is 0 Å². The Labute approximate surface area is 107 Å². The zero-order valence-electron chi connectivity index (χ0n) is 10.8. The zero-order chi connectivity index (χ0) is 13.5. The molecule has 0 spiro atoms. The quantitative estimate of drug-likeness (QED) is 0.315. The number of hydrogen-bond acceptors (Lipinski definition) is 3. The molecule has 0 aliphatic rings. The molecule has 4 nitrogen and oxygen atoms in total. The molecule has 0 radical (unpaired) electrons. The van der Waals surface area contributed by atoms with Crippen LogP contribution in [-0.4, -0.2) is 17.1 Å². The number of nitrogens with two attached hydrogens (primary N) is 1. The summed E-state index contributed by atoms with van der Waals surface area (Å²) < 4.78 is 14.1. The van der Waals surface area contributed by atoms with Crippen LogP contribution in [0.25, 0.3) is 0 Å². The summed E-state index contributed by atoms with van der Waals surface area (Å²) in [5, 5.41) is 14.7. The van der Waals surface area contributed by atoms with Crippen molar-refractivity contribution in [2.75, 3.05) is 0 Å². The molecule has 0 aliphatic carbocycles. The van der Waals surface area contributed by atoms with E-state index in [1.165, 1.54) is 6.07 Å². The Bertz CT molecular complexity index is 417. The van der Waals surface area contributed by atoms with E-state index in [-0.39, 0.29) is 11.4 Å². The highest BCUT2D eigenvalue weighted by Crippen LogP contribution is 2.13. The Morgan fingerprint density at radius 3 is 2.67 bits per heavy atom. The Morgan fingerprint density at radius 1 is 1.44 bits per heavy atom. The van der Waals surface area contributed by atoms with Crippen molar-refractivity contribution < 1.29 is 9.60 Å².